The van der Waals surface area contributed by atoms with Gasteiger partial charge in [-0.3, -0.25) is 0 Å². The predicted molar refractivity (Wildman–Crippen MR) is 214 cm³/mol. The van der Waals surface area contributed by atoms with Gasteiger partial charge in [0.2, 0.25) is 5.95 Å². The van der Waals surface area contributed by atoms with Crippen LogP contribution in [0.5, 0.6) is 0 Å². The van der Waals surface area contributed by atoms with Crippen molar-refractivity contribution >= 4 is 33.6 Å². The van der Waals surface area contributed by atoms with Gasteiger partial charge in [0.05, 0.1) is 11.7 Å². The van der Waals surface area contributed by atoms with Gasteiger partial charge < -0.3 is 9.32 Å². The Morgan fingerprint density at radius 2 is 1.30 bits per heavy atom. The van der Waals surface area contributed by atoms with Gasteiger partial charge in [0.1, 0.15) is 11.2 Å². The number of allylic oxidation sites excluding steroid dienone is 2. The van der Waals surface area contributed by atoms with Crippen LogP contribution in [0.1, 0.15) is 36.5 Å². The monoisotopic (exact) mass is 682 g/mol. The van der Waals surface area contributed by atoms with Gasteiger partial charge >= 0.3 is 0 Å². The van der Waals surface area contributed by atoms with E-state index in [1.165, 1.54) is 33.5 Å². The minimum Gasteiger partial charge on any atom is -0.455 e. The van der Waals surface area contributed by atoms with Crippen molar-refractivity contribution < 1.29 is 4.42 Å². The number of nitrogens with zero attached hydrogens (tertiary/aromatic N) is 4. The molecule has 11 rings (SSSR count). The van der Waals surface area contributed by atoms with E-state index in [9.17, 15) is 0 Å². The minimum atomic E-state index is -0.131. The third-order valence-corrected chi connectivity index (χ3v) is 11.5. The van der Waals surface area contributed by atoms with Gasteiger partial charge in [-0.25, -0.2) is 4.98 Å². The summed E-state index contributed by atoms with van der Waals surface area (Å²) in [4.78, 5) is 18.1. The number of furan rings is 1. The maximum absolute atomic E-state index is 6.67. The quantitative estimate of drug-likeness (QED) is 0.185. The molecular weight excluding hydrogens is 649 g/mol. The van der Waals surface area contributed by atoms with Crippen LogP contribution in [0.4, 0.5) is 11.6 Å². The molecule has 53 heavy (non-hydrogen) atoms. The lowest BCUT2D eigenvalue weighted by Crippen LogP contribution is -2.30. The molecule has 5 heteroatoms. The fraction of sp³-hybridized carbons (Fsp3) is 0.104. The van der Waals surface area contributed by atoms with E-state index in [-0.39, 0.29) is 17.4 Å². The molecule has 2 atom stereocenters. The van der Waals surface area contributed by atoms with Gasteiger partial charge in [0, 0.05) is 44.4 Å². The summed E-state index contributed by atoms with van der Waals surface area (Å²) in [5.41, 5.74) is 13.3. The molecule has 2 unspecified atom stereocenters. The summed E-state index contributed by atoms with van der Waals surface area (Å²) in [5, 5.41) is 2.15. The van der Waals surface area contributed by atoms with Gasteiger partial charge in [-0.05, 0) is 39.9 Å². The van der Waals surface area contributed by atoms with Crippen LogP contribution in [-0.2, 0) is 5.41 Å². The molecule has 0 amide bonds. The molecule has 252 valence electrons. The number of para-hydroxylation sites is 1. The van der Waals surface area contributed by atoms with Gasteiger partial charge in [-0.2, -0.15) is 9.97 Å². The van der Waals surface area contributed by atoms with E-state index >= 15 is 0 Å². The van der Waals surface area contributed by atoms with Crippen LogP contribution in [0.25, 0.3) is 67.0 Å². The average Bonchev–Trinajstić information content (AvgIpc) is 3.84. The van der Waals surface area contributed by atoms with Crippen molar-refractivity contribution in [1.29, 1.82) is 0 Å². The number of hydrogen-bond donors (Lipinski definition) is 0. The smallest absolute Gasteiger partial charge is 0.234 e. The van der Waals surface area contributed by atoms with Crippen LogP contribution in [0.2, 0.25) is 0 Å². The Kier molecular flexibility index (Phi) is 6.36. The fourth-order valence-corrected chi connectivity index (χ4v) is 8.93. The predicted octanol–water partition coefficient (Wildman–Crippen LogP) is 11.8. The molecule has 0 saturated carbocycles. The average molecular weight is 683 g/mol. The van der Waals surface area contributed by atoms with Crippen molar-refractivity contribution in [2.24, 2.45) is 0 Å². The minimum absolute atomic E-state index is 0.0190. The van der Waals surface area contributed by atoms with E-state index in [0.29, 0.717) is 17.6 Å². The largest absolute Gasteiger partial charge is 0.455 e. The van der Waals surface area contributed by atoms with Crippen molar-refractivity contribution in [3.05, 3.63) is 174 Å². The Morgan fingerprint density at radius 1 is 0.585 bits per heavy atom. The van der Waals surface area contributed by atoms with E-state index in [0.717, 1.165) is 44.2 Å². The molecule has 1 aliphatic heterocycles. The highest BCUT2D eigenvalue weighted by atomic mass is 16.3. The second kappa shape index (κ2) is 11.2. The molecule has 5 nitrogen and oxygen atoms in total. The zero-order valence-corrected chi connectivity index (χ0v) is 29.4. The summed E-state index contributed by atoms with van der Waals surface area (Å²) in [6.45, 7) is 4.67. The van der Waals surface area contributed by atoms with Gasteiger partial charge in [-0.1, -0.05) is 159 Å². The molecular formula is C48H34N4O. The maximum Gasteiger partial charge on any atom is 0.234 e. The second-order valence-electron chi connectivity index (χ2n) is 14.8. The van der Waals surface area contributed by atoms with Gasteiger partial charge in [0.25, 0.3) is 0 Å². The third-order valence-electron chi connectivity index (χ3n) is 11.5. The highest BCUT2D eigenvalue weighted by molar-refractivity contribution is 6.10. The first-order valence-corrected chi connectivity index (χ1v) is 18.3. The van der Waals surface area contributed by atoms with Crippen molar-refractivity contribution in [3.63, 3.8) is 0 Å². The van der Waals surface area contributed by atoms with E-state index < -0.39 is 0 Å². The number of hydrogen-bond acceptors (Lipinski definition) is 5. The second-order valence-corrected chi connectivity index (χ2v) is 14.8. The molecule has 0 radical (unpaired) electrons. The lowest BCUT2D eigenvalue weighted by atomic mass is 9.81. The summed E-state index contributed by atoms with van der Waals surface area (Å²) in [5.74, 6) is 2.04. The van der Waals surface area contributed by atoms with Crippen LogP contribution >= 0.6 is 0 Å². The first-order chi connectivity index (χ1) is 26.0. The molecule has 0 bridgehead atoms. The highest BCUT2D eigenvalue weighted by Gasteiger charge is 2.46. The summed E-state index contributed by atoms with van der Waals surface area (Å²) in [7, 11) is 0. The van der Waals surface area contributed by atoms with Crippen LogP contribution in [-0.4, -0.2) is 21.0 Å². The normalized spacial score (nSPS) is 17.6. The van der Waals surface area contributed by atoms with Crippen LogP contribution < -0.4 is 4.90 Å². The third kappa shape index (κ3) is 4.40. The van der Waals surface area contributed by atoms with Crippen LogP contribution in [0.15, 0.2) is 162 Å². The summed E-state index contributed by atoms with van der Waals surface area (Å²) < 4.78 is 6.67. The van der Waals surface area contributed by atoms with E-state index in [4.69, 9.17) is 19.4 Å². The molecule has 0 N–H and O–H groups in total. The Labute approximate surface area is 307 Å². The lowest BCUT2D eigenvalue weighted by Gasteiger charge is -2.28. The summed E-state index contributed by atoms with van der Waals surface area (Å²) in [6, 6.07) is 46.9. The topological polar surface area (TPSA) is 55.1 Å². The Morgan fingerprint density at radius 3 is 2.13 bits per heavy atom. The zero-order chi connectivity index (χ0) is 35.3. The number of rotatable bonds is 4. The first-order valence-electron chi connectivity index (χ1n) is 18.3. The molecule has 3 aliphatic rings. The van der Waals surface area contributed by atoms with Crippen molar-refractivity contribution in [1.82, 2.24) is 15.0 Å². The van der Waals surface area contributed by atoms with Crippen LogP contribution in [0, 0.1) is 0 Å². The van der Waals surface area contributed by atoms with E-state index in [2.05, 4.69) is 152 Å². The summed E-state index contributed by atoms with van der Waals surface area (Å²) in [6.07, 6.45) is 8.93. The van der Waals surface area contributed by atoms with Crippen molar-refractivity contribution in [3.8, 4) is 45.0 Å². The number of fused-ring (bicyclic) bond motifs is 10. The first kappa shape index (κ1) is 30.1. The molecule has 2 aliphatic carbocycles. The molecule has 2 aromatic heterocycles. The Bertz CT molecular complexity index is 2830. The SMILES string of the molecule is CC1(C)c2ccccc2-c2c1ccc1c2N(c2nc(-c3ccccc3)nc(-c3ccc4c(c3)oc3c(-c5ccccc5)cccc34)n2)C2C=CC=CC12. The molecule has 8 aromatic rings. The zero-order valence-electron chi connectivity index (χ0n) is 29.4. The fourth-order valence-electron chi connectivity index (χ4n) is 8.93. The highest BCUT2D eigenvalue weighted by Crippen LogP contribution is 2.58. The van der Waals surface area contributed by atoms with E-state index in [1.807, 2.05) is 24.3 Å². The molecule has 6 aromatic carbocycles. The maximum atomic E-state index is 6.67. The van der Waals surface area contributed by atoms with Gasteiger partial charge in [0.15, 0.2) is 11.6 Å². The number of anilines is 2. The van der Waals surface area contributed by atoms with Crippen molar-refractivity contribution in [2.45, 2.75) is 31.2 Å². The van der Waals surface area contributed by atoms with Crippen LogP contribution in [0.3, 0.4) is 0 Å². The molecule has 0 saturated heterocycles. The molecule has 0 spiro atoms. The lowest BCUT2D eigenvalue weighted by molar-refractivity contribution is 0.660. The number of aromatic nitrogens is 3. The van der Waals surface area contributed by atoms with E-state index in [1.54, 1.807) is 0 Å². The Hall–Kier alpha value is -6.59. The summed E-state index contributed by atoms with van der Waals surface area (Å²) >= 11 is 0. The standard InChI is InChI=1S/C48H34N4O/c1-48(2)38-22-11-9-19-37(38)42-39(48)27-26-35-33-18-10-12-23-40(33)52(43(35)42)47-50-45(30-16-7-4-8-17-30)49-46(51-47)31-24-25-34-36-21-13-20-32(29-14-5-3-6-15-29)44(36)53-41(34)28-31/h3-28,33,40H,1-2H3. The van der Waals surface area contributed by atoms with Crippen molar-refractivity contribution in [2.75, 3.05) is 4.90 Å². The molecule has 3 heterocycles. The van der Waals surface area contributed by atoms with Gasteiger partial charge in [-0.15, -0.1) is 0 Å². The molecule has 0 fully saturated rings. The number of benzene rings is 6. The Balaban J connectivity index is 1.13.